The number of carbonyl (C=O) groups excluding carboxylic acids is 2. The second-order valence-electron chi connectivity index (χ2n) is 4.76. The van der Waals surface area contributed by atoms with Gasteiger partial charge in [-0.15, -0.1) is 0 Å². The molecule has 4 N–H and O–H groups in total. The number of hydrogen-bond acceptors (Lipinski definition) is 5. The Kier molecular flexibility index (Phi) is 5.41. The Labute approximate surface area is 128 Å². The summed E-state index contributed by atoms with van der Waals surface area (Å²) >= 11 is 1.56. The van der Waals surface area contributed by atoms with Crippen molar-refractivity contribution in [3.63, 3.8) is 0 Å². The van der Waals surface area contributed by atoms with Gasteiger partial charge in [-0.25, -0.2) is 8.42 Å². The van der Waals surface area contributed by atoms with Gasteiger partial charge in [0.25, 0.3) is 5.91 Å². The molecule has 2 amide bonds. The molecule has 116 valence electrons. The molecule has 1 unspecified atom stereocenters. The van der Waals surface area contributed by atoms with Crippen LogP contribution >= 0.6 is 11.8 Å². The van der Waals surface area contributed by atoms with Crippen molar-refractivity contribution < 1.29 is 18.0 Å². The summed E-state index contributed by atoms with van der Waals surface area (Å²) < 4.78 is 23.6. The second-order valence-corrected chi connectivity index (χ2v) is 7.65. The fourth-order valence-electron chi connectivity index (χ4n) is 2.17. The van der Waals surface area contributed by atoms with Gasteiger partial charge in [-0.05, 0) is 29.6 Å². The van der Waals surface area contributed by atoms with Crippen LogP contribution in [0.5, 0.6) is 0 Å². The van der Waals surface area contributed by atoms with Crippen LogP contribution in [0.3, 0.4) is 0 Å². The van der Waals surface area contributed by atoms with Crippen molar-refractivity contribution >= 4 is 33.4 Å². The summed E-state index contributed by atoms with van der Waals surface area (Å²) in [6.45, 7) is 1.86. The standard InChI is InChI=1S/C13H18N2O4S2/c1-7(6-20-2)8-4-5-9(21(3,18)19)11(13(15)17)10(8)12(14)16/h4-5,7H,6H2,1-3H3,(H2,14,16)(H2,15,17). The van der Waals surface area contributed by atoms with Gasteiger partial charge in [0.05, 0.1) is 16.0 Å². The van der Waals surface area contributed by atoms with Crippen molar-refractivity contribution in [2.24, 2.45) is 11.5 Å². The van der Waals surface area contributed by atoms with E-state index in [1.54, 1.807) is 11.8 Å². The number of amides is 2. The number of thioether (sulfide) groups is 1. The Hall–Kier alpha value is -1.54. The van der Waals surface area contributed by atoms with Gasteiger partial charge in [-0.1, -0.05) is 13.0 Å². The van der Waals surface area contributed by atoms with Gasteiger partial charge in [0.2, 0.25) is 5.91 Å². The first-order valence-electron chi connectivity index (χ1n) is 6.06. The molecule has 8 heteroatoms. The maximum atomic E-state index is 11.8. The van der Waals surface area contributed by atoms with Crippen molar-refractivity contribution in [2.45, 2.75) is 17.7 Å². The van der Waals surface area contributed by atoms with Crippen molar-refractivity contribution in [1.29, 1.82) is 0 Å². The molecular weight excluding hydrogens is 312 g/mol. The molecule has 0 bridgehead atoms. The topological polar surface area (TPSA) is 120 Å². The number of hydrogen-bond donors (Lipinski definition) is 2. The Morgan fingerprint density at radius 3 is 2.10 bits per heavy atom. The molecule has 1 aromatic carbocycles. The lowest BCUT2D eigenvalue weighted by Gasteiger charge is -2.18. The number of carbonyl (C=O) groups is 2. The minimum Gasteiger partial charge on any atom is -0.366 e. The summed E-state index contributed by atoms with van der Waals surface area (Å²) in [4.78, 5) is 23.1. The van der Waals surface area contributed by atoms with Gasteiger partial charge in [0, 0.05) is 6.26 Å². The van der Waals surface area contributed by atoms with E-state index in [1.165, 1.54) is 12.1 Å². The third-order valence-electron chi connectivity index (χ3n) is 3.04. The smallest absolute Gasteiger partial charge is 0.250 e. The Morgan fingerprint density at radius 1 is 1.19 bits per heavy atom. The predicted octanol–water partition coefficient (Wildman–Crippen LogP) is 0.754. The van der Waals surface area contributed by atoms with E-state index < -0.39 is 21.7 Å². The van der Waals surface area contributed by atoms with Crippen molar-refractivity contribution in [2.75, 3.05) is 18.3 Å². The molecule has 0 radical (unpaired) electrons. The van der Waals surface area contributed by atoms with E-state index in [0.29, 0.717) is 11.3 Å². The van der Waals surface area contributed by atoms with Crippen molar-refractivity contribution in [3.8, 4) is 0 Å². The molecule has 1 aromatic rings. The highest BCUT2D eigenvalue weighted by molar-refractivity contribution is 7.98. The molecule has 0 saturated carbocycles. The van der Waals surface area contributed by atoms with Crippen LogP contribution < -0.4 is 11.5 Å². The highest BCUT2D eigenvalue weighted by Gasteiger charge is 2.27. The first-order chi connectivity index (χ1) is 9.61. The van der Waals surface area contributed by atoms with Crippen LogP contribution in [-0.2, 0) is 9.84 Å². The zero-order chi connectivity index (χ0) is 16.4. The first kappa shape index (κ1) is 17.5. The maximum absolute atomic E-state index is 11.8. The number of benzene rings is 1. The average molecular weight is 330 g/mol. The number of nitrogens with two attached hydrogens (primary N) is 2. The van der Waals surface area contributed by atoms with E-state index in [1.807, 2.05) is 13.2 Å². The van der Waals surface area contributed by atoms with Gasteiger partial charge in [-0.3, -0.25) is 9.59 Å². The monoisotopic (exact) mass is 330 g/mol. The average Bonchev–Trinajstić information content (AvgIpc) is 2.35. The van der Waals surface area contributed by atoms with E-state index in [-0.39, 0.29) is 21.9 Å². The fourth-order valence-corrected chi connectivity index (χ4v) is 3.74. The molecule has 6 nitrogen and oxygen atoms in total. The normalized spacial score (nSPS) is 12.9. The number of sulfone groups is 1. The summed E-state index contributed by atoms with van der Waals surface area (Å²) in [7, 11) is -3.70. The van der Waals surface area contributed by atoms with E-state index in [2.05, 4.69) is 0 Å². The lowest BCUT2D eigenvalue weighted by atomic mass is 9.92. The zero-order valence-electron chi connectivity index (χ0n) is 12.0. The molecule has 0 spiro atoms. The minimum atomic E-state index is -3.70. The van der Waals surface area contributed by atoms with Gasteiger partial charge in [0.1, 0.15) is 0 Å². The van der Waals surface area contributed by atoms with Gasteiger partial charge >= 0.3 is 0 Å². The van der Waals surface area contributed by atoms with Gasteiger partial charge < -0.3 is 11.5 Å². The van der Waals surface area contributed by atoms with E-state index in [4.69, 9.17) is 11.5 Å². The summed E-state index contributed by atoms with van der Waals surface area (Å²) in [6.07, 6.45) is 2.85. The molecule has 0 heterocycles. The minimum absolute atomic E-state index is 0.0748. The molecule has 0 aromatic heterocycles. The molecule has 1 atom stereocenters. The molecule has 0 saturated heterocycles. The lowest BCUT2D eigenvalue weighted by molar-refractivity contribution is 0.0964. The SMILES string of the molecule is CSCC(C)c1ccc(S(C)(=O)=O)c(C(N)=O)c1C(N)=O. The summed E-state index contributed by atoms with van der Waals surface area (Å²) in [6, 6.07) is 2.82. The quantitative estimate of drug-likeness (QED) is 0.797. The number of primary amides is 2. The third kappa shape index (κ3) is 3.76. The van der Waals surface area contributed by atoms with E-state index in [0.717, 1.165) is 6.26 Å². The second kappa shape index (κ2) is 6.48. The molecule has 0 aliphatic rings. The molecule has 0 aliphatic carbocycles. The van der Waals surface area contributed by atoms with E-state index >= 15 is 0 Å². The van der Waals surface area contributed by atoms with Crippen molar-refractivity contribution in [1.82, 2.24) is 0 Å². The van der Waals surface area contributed by atoms with Gasteiger partial charge in [0.15, 0.2) is 9.84 Å². The lowest BCUT2D eigenvalue weighted by Crippen LogP contribution is -2.26. The Bertz CT molecular complexity index is 684. The van der Waals surface area contributed by atoms with Crippen LogP contribution in [0.2, 0.25) is 0 Å². The Morgan fingerprint density at radius 2 is 1.71 bits per heavy atom. The van der Waals surface area contributed by atoms with Crippen LogP contribution in [0.1, 0.15) is 39.1 Å². The predicted molar refractivity (Wildman–Crippen MR) is 83.4 cm³/mol. The molecule has 0 aliphatic heterocycles. The molecule has 0 fully saturated rings. The highest BCUT2D eigenvalue weighted by Crippen LogP contribution is 2.29. The molecule has 21 heavy (non-hydrogen) atoms. The number of rotatable bonds is 6. The van der Waals surface area contributed by atoms with Crippen LogP contribution in [0.15, 0.2) is 17.0 Å². The summed E-state index contributed by atoms with van der Waals surface area (Å²) in [5.41, 5.74) is 10.7. The maximum Gasteiger partial charge on any atom is 0.250 e. The van der Waals surface area contributed by atoms with Crippen molar-refractivity contribution in [3.05, 3.63) is 28.8 Å². The zero-order valence-corrected chi connectivity index (χ0v) is 13.7. The van der Waals surface area contributed by atoms with Gasteiger partial charge in [-0.2, -0.15) is 11.8 Å². The van der Waals surface area contributed by atoms with Crippen LogP contribution in [0.4, 0.5) is 0 Å². The largest absolute Gasteiger partial charge is 0.366 e. The van der Waals surface area contributed by atoms with Crippen LogP contribution in [0, 0.1) is 0 Å². The molecule has 1 rings (SSSR count). The van der Waals surface area contributed by atoms with E-state index in [9.17, 15) is 18.0 Å². The third-order valence-corrected chi connectivity index (χ3v) is 5.01. The molecular formula is C13H18N2O4S2. The fraction of sp³-hybridized carbons (Fsp3) is 0.385. The summed E-state index contributed by atoms with van der Waals surface area (Å²) in [5, 5.41) is 0. The highest BCUT2D eigenvalue weighted by atomic mass is 32.2. The summed E-state index contributed by atoms with van der Waals surface area (Å²) in [5.74, 6) is -1.23. The first-order valence-corrected chi connectivity index (χ1v) is 9.35. The Balaban J connectivity index is 3.78. The van der Waals surface area contributed by atoms with Crippen LogP contribution in [0.25, 0.3) is 0 Å². The van der Waals surface area contributed by atoms with Crippen LogP contribution in [-0.4, -0.2) is 38.5 Å².